The Kier molecular flexibility index (Phi) is 7.05. The molecule has 2 aromatic carbocycles. The third-order valence-electron chi connectivity index (χ3n) is 6.16. The summed E-state index contributed by atoms with van der Waals surface area (Å²) in [5.74, 6) is -0.646. The Balaban J connectivity index is 1.62. The lowest BCUT2D eigenvalue weighted by Crippen LogP contribution is -2.33. The number of rotatable bonds is 7. The minimum absolute atomic E-state index is 0.0531. The van der Waals surface area contributed by atoms with Crippen molar-refractivity contribution in [3.8, 4) is 0 Å². The molecule has 0 spiro atoms. The van der Waals surface area contributed by atoms with E-state index in [0.717, 1.165) is 22.4 Å². The van der Waals surface area contributed by atoms with E-state index in [2.05, 4.69) is 5.32 Å². The van der Waals surface area contributed by atoms with Crippen LogP contribution in [0.4, 0.5) is 5.69 Å². The first-order valence-electron chi connectivity index (χ1n) is 10.7. The minimum atomic E-state index is -3.54. The second kappa shape index (κ2) is 9.42. The van der Waals surface area contributed by atoms with Crippen LogP contribution in [0.1, 0.15) is 37.0 Å². The molecule has 0 radical (unpaired) electrons. The molecule has 2 amide bonds. The SMILES string of the molecule is Cc1cccc(N2CC(C(=O)NCc3ccc(S(=O)(=O)N(C)C(C)C)cc3)CC2=O)c1C. The fourth-order valence-corrected chi connectivity index (χ4v) is 5.07. The summed E-state index contributed by atoms with van der Waals surface area (Å²) >= 11 is 0. The molecule has 1 saturated heterocycles. The van der Waals surface area contributed by atoms with Crippen LogP contribution in [-0.2, 0) is 26.2 Å². The number of hydrogen-bond acceptors (Lipinski definition) is 4. The molecule has 3 rings (SSSR count). The largest absolute Gasteiger partial charge is 0.352 e. The lowest BCUT2D eigenvalue weighted by Gasteiger charge is -2.21. The van der Waals surface area contributed by atoms with Gasteiger partial charge in [-0.2, -0.15) is 4.31 Å². The Bertz CT molecular complexity index is 1110. The van der Waals surface area contributed by atoms with E-state index in [4.69, 9.17) is 0 Å². The van der Waals surface area contributed by atoms with E-state index >= 15 is 0 Å². The summed E-state index contributed by atoms with van der Waals surface area (Å²) in [6, 6.07) is 12.2. The van der Waals surface area contributed by atoms with Gasteiger partial charge in [0, 0.05) is 38.3 Å². The highest BCUT2D eigenvalue weighted by atomic mass is 32.2. The van der Waals surface area contributed by atoms with Crippen molar-refractivity contribution in [2.24, 2.45) is 5.92 Å². The Labute approximate surface area is 190 Å². The zero-order valence-electron chi connectivity index (χ0n) is 19.3. The molecule has 1 N–H and O–H groups in total. The van der Waals surface area contributed by atoms with Gasteiger partial charge in [0.25, 0.3) is 0 Å². The molecule has 0 aliphatic carbocycles. The van der Waals surface area contributed by atoms with E-state index in [1.165, 1.54) is 4.31 Å². The minimum Gasteiger partial charge on any atom is -0.352 e. The van der Waals surface area contributed by atoms with Crippen LogP contribution in [0.15, 0.2) is 47.4 Å². The van der Waals surface area contributed by atoms with Gasteiger partial charge in [-0.05, 0) is 62.6 Å². The van der Waals surface area contributed by atoms with Crippen LogP contribution in [-0.4, -0.2) is 44.2 Å². The first kappa shape index (κ1) is 23.9. The van der Waals surface area contributed by atoms with Gasteiger partial charge >= 0.3 is 0 Å². The van der Waals surface area contributed by atoms with Crippen molar-refractivity contribution < 1.29 is 18.0 Å². The summed E-state index contributed by atoms with van der Waals surface area (Å²) < 4.78 is 26.5. The van der Waals surface area contributed by atoms with Gasteiger partial charge in [0.1, 0.15) is 0 Å². The lowest BCUT2D eigenvalue weighted by molar-refractivity contribution is -0.126. The number of amides is 2. The van der Waals surface area contributed by atoms with Crippen molar-refractivity contribution in [2.45, 2.75) is 51.6 Å². The van der Waals surface area contributed by atoms with E-state index in [-0.39, 0.29) is 35.7 Å². The molecule has 7 nitrogen and oxygen atoms in total. The highest BCUT2D eigenvalue weighted by Crippen LogP contribution is 2.29. The van der Waals surface area contributed by atoms with Gasteiger partial charge < -0.3 is 10.2 Å². The second-order valence-electron chi connectivity index (χ2n) is 8.60. The normalized spacial score (nSPS) is 16.8. The van der Waals surface area contributed by atoms with Crippen LogP contribution in [0.2, 0.25) is 0 Å². The first-order valence-corrected chi connectivity index (χ1v) is 12.2. The monoisotopic (exact) mass is 457 g/mol. The molecule has 1 fully saturated rings. The Morgan fingerprint density at radius 3 is 2.44 bits per heavy atom. The second-order valence-corrected chi connectivity index (χ2v) is 10.6. The number of benzene rings is 2. The summed E-state index contributed by atoms with van der Waals surface area (Å²) in [6.45, 7) is 8.24. The van der Waals surface area contributed by atoms with Crippen LogP contribution in [0, 0.1) is 19.8 Å². The maximum Gasteiger partial charge on any atom is 0.243 e. The molecule has 172 valence electrons. The first-order chi connectivity index (χ1) is 15.0. The van der Waals surface area contributed by atoms with Gasteiger partial charge in [-0.15, -0.1) is 0 Å². The smallest absolute Gasteiger partial charge is 0.243 e. The predicted molar refractivity (Wildman–Crippen MR) is 125 cm³/mol. The molecule has 1 heterocycles. The number of anilines is 1. The quantitative estimate of drug-likeness (QED) is 0.693. The number of carbonyl (C=O) groups is 2. The van der Waals surface area contributed by atoms with Crippen LogP contribution >= 0.6 is 0 Å². The highest BCUT2D eigenvalue weighted by Gasteiger charge is 2.35. The van der Waals surface area contributed by atoms with E-state index in [0.29, 0.717) is 6.54 Å². The van der Waals surface area contributed by atoms with Crippen molar-refractivity contribution in [1.29, 1.82) is 0 Å². The Hall–Kier alpha value is -2.71. The predicted octanol–water partition coefficient (Wildman–Crippen LogP) is 3.00. The molecular formula is C24H31N3O4S. The summed E-state index contributed by atoms with van der Waals surface area (Å²) in [7, 11) is -1.99. The zero-order valence-corrected chi connectivity index (χ0v) is 20.1. The van der Waals surface area contributed by atoms with Gasteiger partial charge in [0.2, 0.25) is 21.8 Å². The molecule has 1 unspecified atom stereocenters. The number of carbonyl (C=O) groups excluding carboxylic acids is 2. The van der Waals surface area contributed by atoms with E-state index in [1.54, 1.807) is 36.2 Å². The maximum absolute atomic E-state index is 12.7. The fraction of sp³-hybridized carbons (Fsp3) is 0.417. The molecule has 32 heavy (non-hydrogen) atoms. The summed E-state index contributed by atoms with van der Waals surface area (Å²) in [5.41, 5.74) is 3.79. The average Bonchev–Trinajstić information content (AvgIpc) is 3.15. The van der Waals surface area contributed by atoms with Crippen molar-refractivity contribution in [3.63, 3.8) is 0 Å². The Morgan fingerprint density at radius 1 is 1.16 bits per heavy atom. The molecule has 0 saturated carbocycles. The van der Waals surface area contributed by atoms with E-state index in [1.807, 2.05) is 45.9 Å². The number of sulfonamides is 1. The van der Waals surface area contributed by atoms with E-state index in [9.17, 15) is 18.0 Å². The molecule has 1 atom stereocenters. The third kappa shape index (κ3) is 4.86. The molecule has 1 aliphatic rings. The van der Waals surface area contributed by atoms with Crippen molar-refractivity contribution in [2.75, 3.05) is 18.5 Å². The zero-order chi connectivity index (χ0) is 23.6. The molecule has 8 heteroatoms. The fourth-order valence-electron chi connectivity index (χ4n) is 3.70. The number of nitrogens with one attached hydrogen (secondary N) is 1. The van der Waals surface area contributed by atoms with Gasteiger partial charge in [-0.25, -0.2) is 8.42 Å². The van der Waals surface area contributed by atoms with Crippen LogP contribution in [0.3, 0.4) is 0 Å². The van der Waals surface area contributed by atoms with Crippen LogP contribution < -0.4 is 10.2 Å². The summed E-state index contributed by atoms with van der Waals surface area (Å²) in [6.07, 6.45) is 0.179. The van der Waals surface area contributed by atoms with Crippen LogP contribution in [0.5, 0.6) is 0 Å². The maximum atomic E-state index is 12.7. The molecule has 2 aromatic rings. The molecule has 0 bridgehead atoms. The number of aryl methyl sites for hydroxylation is 1. The van der Waals surface area contributed by atoms with Crippen molar-refractivity contribution >= 4 is 27.5 Å². The number of nitrogens with zero attached hydrogens (tertiary/aromatic N) is 2. The van der Waals surface area contributed by atoms with E-state index < -0.39 is 15.9 Å². The topological polar surface area (TPSA) is 86.8 Å². The van der Waals surface area contributed by atoms with Gasteiger partial charge in [0.15, 0.2) is 0 Å². The van der Waals surface area contributed by atoms with Crippen molar-refractivity contribution in [1.82, 2.24) is 9.62 Å². The highest BCUT2D eigenvalue weighted by molar-refractivity contribution is 7.89. The Morgan fingerprint density at radius 2 is 1.81 bits per heavy atom. The molecule has 1 aliphatic heterocycles. The lowest BCUT2D eigenvalue weighted by atomic mass is 10.1. The van der Waals surface area contributed by atoms with Gasteiger partial charge in [0.05, 0.1) is 10.8 Å². The summed E-state index contributed by atoms with van der Waals surface area (Å²) in [4.78, 5) is 27.1. The van der Waals surface area contributed by atoms with Gasteiger partial charge in [-0.1, -0.05) is 24.3 Å². The molecular weight excluding hydrogens is 426 g/mol. The van der Waals surface area contributed by atoms with Crippen molar-refractivity contribution in [3.05, 3.63) is 59.2 Å². The van der Waals surface area contributed by atoms with Gasteiger partial charge in [-0.3, -0.25) is 9.59 Å². The average molecular weight is 458 g/mol. The molecule has 0 aromatic heterocycles. The third-order valence-corrected chi connectivity index (χ3v) is 8.20. The standard InChI is InChI=1S/C24H31N3O4S/c1-16(2)26(5)32(30,31)21-11-9-19(10-12-21)14-25-24(29)20-13-23(28)27(15-20)22-8-6-7-17(3)18(22)4/h6-12,16,20H,13-15H2,1-5H3,(H,25,29). The summed E-state index contributed by atoms with van der Waals surface area (Å²) in [5, 5.41) is 2.88. The van der Waals surface area contributed by atoms with Crippen LogP contribution in [0.25, 0.3) is 0 Å². The number of hydrogen-bond donors (Lipinski definition) is 1.